The van der Waals surface area contributed by atoms with Crippen molar-refractivity contribution in [3.63, 3.8) is 0 Å². The number of carboxylic acid groups (broad SMARTS) is 1. The van der Waals surface area contributed by atoms with Gasteiger partial charge in [-0.1, -0.05) is 6.07 Å². The molecule has 3 rings (SSSR count). The molecule has 2 fully saturated rings. The molecule has 4 heteroatoms. The van der Waals surface area contributed by atoms with Gasteiger partial charge in [0.25, 0.3) is 0 Å². The number of halogens is 1. The van der Waals surface area contributed by atoms with Crippen LogP contribution >= 0.6 is 0 Å². The number of hydrogen-bond donors (Lipinski definition) is 1. The Morgan fingerprint density at radius 3 is 2.74 bits per heavy atom. The molecule has 19 heavy (non-hydrogen) atoms. The fourth-order valence-corrected chi connectivity index (χ4v) is 2.91. The second kappa shape index (κ2) is 4.51. The molecule has 2 unspecified atom stereocenters. The lowest BCUT2D eigenvalue weighted by molar-refractivity contribution is -0.138. The first-order valence-electron chi connectivity index (χ1n) is 6.84. The summed E-state index contributed by atoms with van der Waals surface area (Å²) in [6.07, 6.45) is 2.38. The van der Waals surface area contributed by atoms with Gasteiger partial charge in [-0.05, 0) is 43.4 Å². The van der Waals surface area contributed by atoms with Gasteiger partial charge in [-0.3, -0.25) is 4.79 Å². The van der Waals surface area contributed by atoms with Crippen LogP contribution in [0, 0.1) is 11.7 Å². The highest BCUT2D eigenvalue weighted by atomic mass is 19.1. The standard InChI is InChI=1S/C15H18FNO2/c1-9-11(6-15(18)19)8-17(9)12-4-5-13(10-2-3-10)14(16)7-12/h4-5,7,9-11H,2-3,6,8H2,1H3,(H,18,19). The highest BCUT2D eigenvalue weighted by Gasteiger charge is 2.37. The average molecular weight is 263 g/mol. The van der Waals surface area contributed by atoms with E-state index < -0.39 is 5.97 Å². The lowest BCUT2D eigenvalue weighted by Crippen LogP contribution is -2.55. The largest absolute Gasteiger partial charge is 0.481 e. The van der Waals surface area contributed by atoms with Gasteiger partial charge < -0.3 is 10.0 Å². The quantitative estimate of drug-likeness (QED) is 0.907. The van der Waals surface area contributed by atoms with Crippen LogP contribution in [0.5, 0.6) is 0 Å². The SMILES string of the molecule is CC1C(CC(=O)O)CN1c1ccc(C2CC2)c(F)c1. The molecule has 0 amide bonds. The molecule has 1 N–H and O–H groups in total. The van der Waals surface area contributed by atoms with Gasteiger partial charge in [0.2, 0.25) is 0 Å². The molecule has 0 aromatic heterocycles. The number of carboxylic acids is 1. The minimum absolute atomic E-state index is 0.117. The van der Waals surface area contributed by atoms with Gasteiger partial charge in [0.15, 0.2) is 0 Å². The molecule has 0 bridgehead atoms. The van der Waals surface area contributed by atoms with Crippen molar-refractivity contribution in [2.45, 2.75) is 38.1 Å². The molecule has 2 aliphatic rings. The van der Waals surface area contributed by atoms with Crippen molar-refractivity contribution in [2.24, 2.45) is 5.92 Å². The molecule has 0 spiro atoms. The Hall–Kier alpha value is -1.58. The van der Waals surface area contributed by atoms with Crippen LogP contribution in [-0.4, -0.2) is 23.7 Å². The van der Waals surface area contributed by atoms with Crippen LogP contribution in [0.25, 0.3) is 0 Å². The van der Waals surface area contributed by atoms with E-state index in [2.05, 4.69) is 4.90 Å². The summed E-state index contributed by atoms with van der Waals surface area (Å²) in [5.41, 5.74) is 1.70. The van der Waals surface area contributed by atoms with E-state index in [0.717, 1.165) is 24.1 Å². The Bertz CT molecular complexity index is 513. The molecule has 1 saturated carbocycles. The maximum absolute atomic E-state index is 14.0. The van der Waals surface area contributed by atoms with Crippen molar-refractivity contribution < 1.29 is 14.3 Å². The molecule has 2 atom stereocenters. The summed E-state index contributed by atoms with van der Waals surface area (Å²) in [4.78, 5) is 12.8. The monoisotopic (exact) mass is 263 g/mol. The zero-order valence-electron chi connectivity index (χ0n) is 11.0. The van der Waals surface area contributed by atoms with Gasteiger partial charge in [-0.15, -0.1) is 0 Å². The Kier molecular flexibility index (Phi) is 2.96. The Morgan fingerprint density at radius 2 is 2.21 bits per heavy atom. The third-order valence-electron chi connectivity index (χ3n) is 4.37. The van der Waals surface area contributed by atoms with Crippen LogP contribution in [-0.2, 0) is 4.79 Å². The molecule has 102 valence electrons. The van der Waals surface area contributed by atoms with Gasteiger partial charge in [0, 0.05) is 24.2 Å². The van der Waals surface area contributed by atoms with E-state index in [1.165, 1.54) is 0 Å². The molecule has 1 aromatic rings. The van der Waals surface area contributed by atoms with Crippen molar-refractivity contribution in [3.8, 4) is 0 Å². The van der Waals surface area contributed by atoms with Gasteiger partial charge >= 0.3 is 5.97 Å². The van der Waals surface area contributed by atoms with E-state index in [1.54, 1.807) is 6.07 Å². The number of aliphatic carboxylic acids is 1. The van der Waals surface area contributed by atoms with E-state index in [1.807, 2.05) is 19.1 Å². The Balaban J connectivity index is 1.70. The van der Waals surface area contributed by atoms with Crippen LogP contribution in [0.4, 0.5) is 10.1 Å². The third kappa shape index (κ3) is 2.31. The first-order chi connectivity index (χ1) is 9.06. The normalized spacial score (nSPS) is 26.1. The zero-order chi connectivity index (χ0) is 13.6. The van der Waals surface area contributed by atoms with Crippen LogP contribution in [0.3, 0.4) is 0 Å². The first kappa shape index (κ1) is 12.5. The minimum atomic E-state index is -0.758. The topological polar surface area (TPSA) is 40.5 Å². The molecule has 1 aliphatic heterocycles. The van der Waals surface area contributed by atoms with Crippen LogP contribution in [0.2, 0.25) is 0 Å². The summed E-state index contributed by atoms with van der Waals surface area (Å²) in [6.45, 7) is 2.71. The maximum atomic E-state index is 14.0. The summed E-state index contributed by atoms with van der Waals surface area (Å²) in [5.74, 6) is -0.285. The van der Waals surface area contributed by atoms with Crippen LogP contribution < -0.4 is 4.90 Å². The Morgan fingerprint density at radius 1 is 1.47 bits per heavy atom. The summed E-state index contributed by atoms with van der Waals surface area (Å²) >= 11 is 0. The van der Waals surface area contributed by atoms with Gasteiger partial charge in [-0.25, -0.2) is 4.39 Å². The summed E-state index contributed by atoms with van der Waals surface area (Å²) in [5, 5.41) is 8.79. The fourth-order valence-electron chi connectivity index (χ4n) is 2.91. The van der Waals surface area contributed by atoms with Crippen LogP contribution in [0.15, 0.2) is 18.2 Å². The van der Waals surface area contributed by atoms with E-state index in [4.69, 9.17) is 5.11 Å². The lowest BCUT2D eigenvalue weighted by Gasteiger charge is -2.47. The predicted molar refractivity (Wildman–Crippen MR) is 70.9 cm³/mol. The van der Waals surface area contributed by atoms with Gasteiger partial charge in [-0.2, -0.15) is 0 Å². The number of nitrogens with zero attached hydrogens (tertiary/aromatic N) is 1. The molecule has 1 saturated heterocycles. The molecule has 0 radical (unpaired) electrons. The number of hydrogen-bond acceptors (Lipinski definition) is 2. The third-order valence-corrected chi connectivity index (χ3v) is 4.37. The molecule has 1 aliphatic carbocycles. The fraction of sp³-hybridized carbons (Fsp3) is 0.533. The number of rotatable bonds is 4. The molecular weight excluding hydrogens is 245 g/mol. The molecule has 1 heterocycles. The maximum Gasteiger partial charge on any atom is 0.303 e. The van der Waals surface area contributed by atoms with Crippen LogP contribution in [0.1, 0.15) is 37.7 Å². The average Bonchev–Trinajstić information content (AvgIpc) is 3.17. The van der Waals surface area contributed by atoms with E-state index >= 15 is 0 Å². The summed E-state index contributed by atoms with van der Waals surface area (Å²) in [6, 6.07) is 5.62. The van der Waals surface area contributed by atoms with Crippen molar-refractivity contribution >= 4 is 11.7 Å². The zero-order valence-corrected chi connectivity index (χ0v) is 11.0. The molecule has 1 aromatic carbocycles. The second-order valence-corrected chi connectivity index (χ2v) is 5.73. The van der Waals surface area contributed by atoms with Crippen molar-refractivity contribution in [1.82, 2.24) is 0 Å². The first-order valence-corrected chi connectivity index (χ1v) is 6.84. The van der Waals surface area contributed by atoms with Gasteiger partial charge in [0.05, 0.1) is 6.42 Å². The highest BCUT2D eigenvalue weighted by molar-refractivity contribution is 5.68. The van der Waals surface area contributed by atoms with E-state index in [-0.39, 0.29) is 24.2 Å². The second-order valence-electron chi connectivity index (χ2n) is 5.73. The smallest absolute Gasteiger partial charge is 0.303 e. The summed E-state index contributed by atoms with van der Waals surface area (Å²) in [7, 11) is 0. The Labute approximate surface area is 112 Å². The van der Waals surface area contributed by atoms with Crippen molar-refractivity contribution in [1.29, 1.82) is 0 Å². The molecular formula is C15H18FNO2. The minimum Gasteiger partial charge on any atom is -0.481 e. The number of benzene rings is 1. The highest BCUT2D eigenvalue weighted by Crippen LogP contribution is 2.42. The van der Waals surface area contributed by atoms with Gasteiger partial charge in [0.1, 0.15) is 5.82 Å². The van der Waals surface area contributed by atoms with Crippen molar-refractivity contribution in [3.05, 3.63) is 29.6 Å². The molecule has 3 nitrogen and oxygen atoms in total. The number of anilines is 1. The van der Waals surface area contributed by atoms with E-state index in [9.17, 15) is 9.18 Å². The van der Waals surface area contributed by atoms with E-state index in [0.29, 0.717) is 12.5 Å². The predicted octanol–water partition coefficient (Wildman–Crippen LogP) is 3.00. The summed E-state index contributed by atoms with van der Waals surface area (Å²) < 4.78 is 14.0. The number of carbonyl (C=O) groups is 1. The lowest BCUT2D eigenvalue weighted by atomic mass is 9.86. The van der Waals surface area contributed by atoms with Crippen molar-refractivity contribution in [2.75, 3.05) is 11.4 Å².